The number of aromatic nitrogens is 2. The molecule has 0 unspecified atom stereocenters. The second-order valence-electron chi connectivity index (χ2n) is 3.42. The van der Waals surface area contributed by atoms with E-state index in [1.807, 2.05) is 4.57 Å². The first-order valence-corrected chi connectivity index (χ1v) is 4.57. The van der Waals surface area contributed by atoms with E-state index in [1.165, 1.54) is 0 Å². The van der Waals surface area contributed by atoms with Crippen molar-refractivity contribution in [2.45, 2.75) is 19.4 Å². The van der Waals surface area contributed by atoms with Crippen molar-refractivity contribution < 1.29 is 4.79 Å². The number of nitrogens with zero attached hydrogens (tertiary/aromatic N) is 2. The highest BCUT2D eigenvalue weighted by atomic mass is 16.1. The number of rotatable bonds is 4. The van der Waals surface area contributed by atoms with Crippen LogP contribution in [0.4, 0.5) is 0 Å². The first-order valence-electron chi connectivity index (χ1n) is 4.57. The molecule has 0 saturated heterocycles. The van der Waals surface area contributed by atoms with Gasteiger partial charge in [-0.05, 0) is 12.8 Å². The summed E-state index contributed by atoms with van der Waals surface area (Å²) in [7, 11) is 0. The minimum Gasteiger partial charge on any atom is -0.335 e. The summed E-state index contributed by atoms with van der Waals surface area (Å²) in [6.07, 6.45) is 5.52. The number of hydrogen-bond acceptors (Lipinski definition) is 3. The van der Waals surface area contributed by atoms with Crippen LogP contribution in [0.25, 0.3) is 0 Å². The molecule has 13 heavy (non-hydrogen) atoms. The van der Waals surface area contributed by atoms with Gasteiger partial charge in [-0.3, -0.25) is 4.79 Å². The lowest BCUT2D eigenvalue weighted by Gasteiger charge is -1.95. The molecule has 0 bridgehead atoms. The van der Waals surface area contributed by atoms with Gasteiger partial charge in [0, 0.05) is 25.2 Å². The molecule has 0 spiro atoms. The van der Waals surface area contributed by atoms with Crippen LogP contribution in [0.1, 0.15) is 23.3 Å². The molecule has 0 aromatic carbocycles. The number of Topliss-reactive ketones (excluding diaryl/α,β-unsaturated/α-hetero) is 1. The van der Waals surface area contributed by atoms with Crippen LogP contribution >= 0.6 is 0 Å². The third kappa shape index (κ3) is 1.78. The zero-order valence-electron chi connectivity index (χ0n) is 7.44. The summed E-state index contributed by atoms with van der Waals surface area (Å²) in [5.41, 5.74) is 5.98. The Balaban J connectivity index is 2.07. The minimum atomic E-state index is 0.191. The zero-order chi connectivity index (χ0) is 9.26. The highest BCUT2D eigenvalue weighted by Gasteiger charge is 2.31. The molecular weight excluding hydrogens is 166 g/mol. The Morgan fingerprint density at radius 1 is 1.69 bits per heavy atom. The van der Waals surface area contributed by atoms with Gasteiger partial charge in [-0.25, -0.2) is 4.98 Å². The molecule has 70 valence electrons. The van der Waals surface area contributed by atoms with Gasteiger partial charge in [0.1, 0.15) is 5.69 Å². The Labute approximate surface area is 76.8 Å². The van der Waals surface area contributed by atoms with Crippen LogP contribution in [0.2, 0.25) is 0 Å². The molecule has 4 nitrogen and oxygen atoms in total. The van der Waals surface area contributed by atoms with Gasteiger partial charge in [-0.1, -0.05) is 0 Å². The molecule has 1 aromatic rings. The molecule has 2 N–H and O–H groups in total. The van der Waals surface area contributed by atoms with E-state index in [2.05, 4.69) is 4.98 Å². The summed E-state index contributed by atoms with van der Waals surface area (Å²) in [5.74, 6) is 0.442. The first-order chi connectivity index (χ1) is 6.31. The van der Waals surface area contributed by atoms with Crippen molar-refractivity contribution in [3.63, 3.8) is 0 Å². The molecule has 0 atom stereocenters. The van der Waals surface area contributed by atoms with E-state index in [-0.39, 0.29) is 11.7 Å². The lowest BCUT2D eigenvalue weighted by molar-refractivity contribution is 0.0963. The maximum atomic E-state index is 11.5. The Hall–Kier alpha value is -1.16. The second-order valence-corrected chi connectivity index (χ2v) is 3.42. The van der Waals surface area contributed by atoms with Gasteiger partial charge in [0.05, 0.1) is 6.33 Å². The van der Waals surface area contributed by atoms with Crippen LogP contribution in [-0.4, -0.2) is 21.9 Å². The summed E-state index contributed by atoms with van der Waals surface area (Å²) < 4.78 is 1.86. The standard InChI is InChI=1S/C9H13N3O/c10-3-4-12-5-8(11-6-12)9(13)7-1-2-7/h5-7H,1-4,10H2. The quantitative estimate of drug-likeness (QED) is 0.682. The van der Waals surface area contributed by atoms with Gasteiger partial charge in [0.2, 0.25) is 0 Å². The van der Waals surface area contributed by atoms with Crippen molar-refractivity contribution in [1.82, 2.24) is 9.55 Å². The normalized spacial score (nSPS) is 16.1. The van der Waals surface area contributed by atoms with Crippen molar-refractivity contribution >= 4 is 5.78 Å². The Bertz CT molecular complexity index is 314. The maximum absolute atomic E-state index is 11.5. The first kappa shape index (κ1) is 8.44. The number of imidazole rings is 1. The van der Waals surface area contributed by atoms with E-state index in [1.54, 1.807) is 12.5 Å². The smallest absolute Gasteiger partial charge is 0.185 e. The van der Waals surface area contributed by atoms with Gasteiger partial charge >= 0.3 is 0 Å². The number of hydrogen-bond donors (Lipinski definition) is 1. The lowest BCUT2D eigenvalue weighted by atomic mass is 10.2. The highest BCUT2D eigenvalue weighted by molar-refractivity contribution is 5.97. The Morgan fingerprint density at radius 2 is 2.46 bits per heavy atom. The fraction of sp³-hybridized carbons (Fsp3) is 0.556. The third-order valence-corrected chi connectivity index (χ3v) is 2.22. The monoisotopic (exact) mass is 179 g/mol. The van der Waals surface area contributed by atoms with Crippen molar-refractivity contribution in [1.29, 1.82) is 0 Å². The molecule has 1 fully saturated rings. The predicted molar refractivity (Wildman–Crippen MR) is 48.3 cm³/mol. The van der Waals surface area contributed by atoms with Gasteiger partial charge in [0.15, 0.2) is 5.78 Å². The molecule has 0 radical (unpaired) electrons. The van der Waals surface area contributed by atoms with Crippen molar-refractivity contribution in [2.75, 3.05) is 6.54 Å². The number of carbonyl (C=O) groups is 1. The molecule has 1 aliphatic carbocycles. The molecule has 0 aliphatic heterocycles. The SMILES string of the molecule is NCCn1cnc(C(=O)C2CC2)c1. The molecule has 1 saturated carbocycles. The number of carbonyl (C=O) groups excluding carboxylic acids is 1. The average Bonchev–Trinajstić information content (AvgIpc) is 2.87. The van der Waals surface area contributed by atoms with Gasteiger partial charge in [0.25, 0.3) is 0 Å². The van der Waals surface area contributed by atoms with E-state index < -0.39 is 0 Å². The average molecular weight is 179 g/mol. The summed E-state index contributed by atoms with van der Waals surface area (Å²) >= 11 is 0. The van der Waals surface area contributed by atoms with E-state index in [9.17, 15) is 4.79 Å². The summed E-state index contributed by atoms with van der Waals surface area (Å²) in [6, 6.07) is 0. The van der Waals surface area contributed by atoms with Gasteiger partial charge in [-0.15, -0.1) is 0 Å². The fourth-order valence-corrected chi connectivity index (χ4v) is 1.31. The third-order valence-electron chi connectivity index (χ3n) is 2.22. The predicted octanol–water partition coefficient (Wildman–Crippen LogP) is 0.434. The van der Waals surface area contributed by atoms with Crippen molar-refractivity contribution in [3.05, 3.63) is 18.2 Å². The Morgan fingerprint density at radius 3 is 3.08 bits per heavy atom. The summed E-state index contributed by atoms with van der Waals surface area (Å²) in [4.78, 5) is 15.6. The Kier molecular flexibility index (Phi) is 2.14. The van der Waals surface area contributed by atoms with E-state index >= 15 is 0 Å². The van der Waals surface area contributed by atoms with E-state index in [4.69, 9.17) is 5.73 Å². The molecule has 0 amide bonds. The van der Waals surface area contributed by atoms with Gasteiger partial charge in [-0.2, -0.15) is 0 Å². The topological polar surface area (TPSA) is 60.9 Å². The summed E-state index contributed by atoms with van der Waals surface area (Å²) in [5, 5.41) is 0. The molecule has 1 aliphatic rings. The van der Waals surface area contributed by atoms with Crippen LogP contribution in [0, 0.1) is 5.92 Å². The molecule has 1 heterocycles. The maximum Gasteiger partial charge on any atom is 0.185 e. The van der Waals surface area contributed by atoms with Crippen LogP contribution in [0.5, 0.6) is 0 Å². The number of ketones is 1. The van der Waals surface area contributed by atoms with Crippen LogP contribution in [0.15, 0.2) is 12.5 Å². The summed E-state index contributed by atoms with van der Waals surface area (Å²) in [6.45, 7) is 1.30. The highest BCUT2D eigenvalue weighted by Crippen LogP contribution is 2.31. The molecule has 4 heteroatoms. The lowest BCUT2D eigenvalue weighted by Crippen LogP contribution is -2.08. The largest absolute Gasteiger partial charge is 0.335 e. The van der Waals surface area contributed by atoms with Crippen LogP contribution in [0.3, 0.4) is 0 Å². The minimum absolute atomic E-state index is 0.191. The van der Waals surface area contributed by atoms with Crippen LogP contribution in [-0.2, 0) is 6.54 Å². The van der Waals surface area contributed by atoms with Crippen LogP contribution < -0.4 is 5.73 Å². The fourth-order valence-electron chi connectivity index (χ4n) is 1.31. The molecule has 1 aromatic heterocycles. The van der Waals surface area contributed by atoms with E-state index in [0.717, 1.165) is 19.4 Å². The van der Waals surface area contributed by atoms with Gasteiger partial charge < -0.3 is 10.3 Å². The molecule has 2 rings (SSSR count). The number of nitrogens with two attached hydrogens (primary N) is 1. The zero-order valence-corrected chi connectivity index (χ0v) is 7.44. The molecular formula is C9H13N3O. The van der Waals surface area contributed by atoms with Crippen molar-refractivity contribution in [3.8, 4) is 0 Å². The van der Waals surface area contributed by atoms with Crippen molar-refractivity contribution in [2.24, 2.45) is 11.7 Å². The second kappa shape index (κ2) is 3.30. The van der Waals surface area contributed by atoms with E-state index in [0.29, 0.717) is 12.2 Å².